The number of hydrogen-bond donors (Lipinski definition) is 1. The molecule has 0 saturated heterocycles. The van der Waals surface area contributed by atoms with Crippen LogP contribution in [0, 0.1) is 0 Å². The first-order chi connectivity index (χ1) is 6.75. The van der Waals surface area contributed by atoms with E-state index in [0.29, 0.717) is 0 Å². The first-order valence-corrected chi connectivity index (χ1v) is 17.9. The normalized spacial score (nSPS) is 26.5. The third-order valence-corrected chi connectivity index (χ3v) is 14.9. The third-order valence-electron chi connectivity index (χ3n) is 4.05. The molecule has 0 aromatic carbocycles. The van der Waals surface area contributed by atoms with Crippen molar-refractivity contribution in [1.29, 1.82) is 0 Å². The molecular weight excluding hydrogens is 242 g/mol. The zero-order chi connectivity index (χ0) is 14.0. The average Bonchev–Trinajstić information content (AvgIpc) is 2.21. The van der Waals surface area contributed by atoms with Gasteiger partial charge in [-0.25, -0.2) is 0 Å². The predicted molar refractivity (Wildman–Crippen MR) is 79.9 cm³/mol. The Morgan fingerprint density at radius 1 is 1.00 bits per heavy atom. The van der Waals surface area contributed by atoms with Crippen molar-refractivity contribution in [3.8, 4) is 0 Å². The van der Waals surface area contributed by atoms with Gasteiger partial charge in [0, 0.05) is 0 Å². The Hall–Kier alpha value is 0.154. The average molecular weight is 275 g/mol. The van der Waals surface area contributed by atoms with Crippen molar-refractivity contribution >= 4 is 0 Å². The molecule has 1 N–H and O–H groups in total. The van der Waals surface area contributed by atoms with E-state index in [1.54, 1.807) is 3.88 Å². The van der Waals surface area contributed by atoms with Crippen molar-refractivity contribution in [1.82, 2.24) is 3.80 Å². The van der Waals surface area contributed by atoms with Crippen LogP contribution in [0.2, 0.25) is 31.4 Å². The van der Waals surface area contributed by atoms with Crippen LogP contribution in [0.1, 0.15) is 27.2 Å². The van der Waals surface area contributed by atoms with Gasteiger partial charge < -0.3 is 0 Å². The summed E-state index contributed by atoms with van der Waals surface area (Å²) in [5, 5.41) is 15.0. The Balaban J connectivity index is 3.66. The van der Waals surface area contributed by atoms with E-state index in [4.69, 9.17) is 0 Å². The molecule has 1 aliphatic rings. The molecule has 0 aliphatic heterocycles. The number of rotatable bonds is 2. The Morgan fingerprint density at radius 3 is 1.76 bits per heavy atom. The van der Waals surface area contributed by atoms with Gasteiger partial charge in [-0.2, -0.15) is 0 Å². The van der Waals surface area contributed by atoms with Gasteiger partial charge in [0.05, 0.1) is 0 Å². The summed E-state index contributed by atoms with van der Waals surface area (Å²) < 4.78 is 5.68. The molecule has 1 nitrogen and oxygen atoms in total. The minimum atomic E-state index is -4.28. The summed E-state index contributed by atoms with van der Waals surface area (Å²) in [5.74, 6) is 0. The summed E-state index contributed by atoms with van der Waals surface area (Å²) in [6.07, 6.45) is 7.89. The summed E-state index contributed by atoms with van der Waals surface area (Å²) in [7, 11) is 0. The summed E-state index contributed by atoms with van der Waals surface area (Å²) in [4.78, 5) is 0. The molecule has 1 aliphatic carbocycles. The number of hydrogen-bond acceptors (Lipinski definition) is 1. The molecule has 2 heteroatoms. The fraction of sp³-hybridized carbons (Fsp3) is 0.733. The van der Waals surface area contributed by atoms with Gasteiger partial charge in [0.1, 0.15) is 0 Å². The fourth-order valence-electron chi connectivity index (χ4n) is 4.17. The summed E-state index contributed by atoms with van der Waals surface area (Å²) in [5.41, 5.74) is 0.0972. The van der Waals surface area contributed by atoms with Gasteiger partial charge in [0.25, 0.3) is 0 Å². The van der Waals surface area contributed by atoms with Gasteiger partial charge in [-0.3, -0.25) is 0 Å². The second-order valence-electron chi connectivity index (χ2n) is 14.3. The van der Waals surface area contributed by atoms with Crippen molar-refractivity contribution in [3.63, 3.8) is 0 Å². The molecule has 0 aromatic rings. The molecule has 0 spiro atoms. The second-order valence-corrected chi connectivity index (χ2v) is 48.9. The van der Waals surface area contributed by atoms with Crippen LogP contribution in [0.25, 0.3) is 0 Å². The zero-order valence-electron chi connectivity index (χ0n) is 13.4. The van der Waals surface area contributed by atoms with Crippen molar-refractivity contribution in [2.24, 2.45) is 0 Å². The van der Waals surface area contributed by atoms with Crippen LogP contribution < -0.4 is 3.80 Å². The zero-order valence-corrected chi connectivity index (χ0v) is 15.0. The van der Waals surface area contributed by atoms with Crippen molar-refractivity contribution in [3.05, 3.63) is 22.1 Å². The number of allylic oxidation sites excluding steroid dienone is 4. The molecule has 17 heavy (non-hydrogen) atoms. The topological polar surface area (TPSA) is 12.0 Å². The predicted octanol–water partition coefficient (Wildman–Crippen LogP) is 5.72. The first-order valence-electron chi connectivity index (χ1n) is 6.97. The SMILES string of the molecule is CC(C)(C)[NH][Ti]([CH3])([CH3])([CH3])([CH3])([CH3])([CH3])[C]1=CC=CC1. The van der Waals surface area contributed by atoms with Gasteiger partial charge in [-0.05, 0) is 0 Å². The Morgan fingerprint density at radius 2 is 1.47 bits per heavy atom. The maximum atomic E-state index is 4.10. The van der Waals surface area contributed by atoms with Gasteiger partial charge in [-0.1, -0.05) is 0 Å². The van der Waals surface area contributed by atoms with E-state index in [2.05, 4.69) is 74.2 Å². The molecule has 0 heterocycles. The van der Waals surface area contributed by atoms with E-state index in [1.807, 2.05) is 0 Å². The van der Waals surface area contributed by atoms with Crippen LogP contribution in [0.3, 0.4) is 0 Å². The molecule has 0 radical (unpaired) electrons. The molecule has 0 fully saturated rings. The standard InChI is InChI=1S/C5H5.C4H10N.6CH3.Ti/c1-2-4-5-3-1;1-4(2,3)5;;;;;;;/h1-3H,4H2;5H,1-3H3;6*1H3;/q;-1;;;;;;;+1. The summed E-state index contributed by atoms with van der Waals surface area (Å²) in [6, 6.07) is 0. The summed E-state index contributed by atoms with van der Waals surface area (Å²) >= 11 is -4.28. The quantitative estimate of drug-likeness (QED) is 0.636. The van der Waals surface area contributed by atoms with Crippen LogP contribution in [0.15, 0.2) is 22.1 Å². The van der Waals surface area contributed by atoms with Crippen LogP contribution in [0.5, 0.6) is 0 Å². The molecule has 0 atom stereocenters. The Labute approximate surface area is 102 Å². The monoisotopic (exact) mass is 275 g/mol. The van der Waals surface area contributed by atoms with E-state index in [0.717, 1.165) is 6.42 Å². The van der Waals surface area contributed by atoms with E-state index < -0.39 is 11.7 Å². The minimum absolute atomic E-state index is 0.0972. The molecular formula is C15H33NTi. The van der Waals surface area contributed by atoms with E-state index in [-0.39, 0.29) is 5.54 Å². The fourth-order valence-corrected chi connectivity index (χ4v) is 16.1. The van der Waals surface area contributed by atoms with E-state index in [1.165, 1.54) is 0 Å². The first kappa shape index (κ1) is 15.2. The van der Waals surface area contributed by atoms with Crippen molar-refractivity contribution < 1.29 is 11.7 Å². The molecule has 0 unspecified atom stereocenters. The third kappa shape index (κ3) is 3.33. The van der Waals surface area contributed by atoms with Crippen LogP contribution in [-0.2, 0) is 11.7 Å². The van der Waals surface area contributed by atoms with Crippen LogP contribution in [-0.4, -0.2) is 5.54 Å². The Bertz CT molecular complexity index is 452. The molecule has 0 saturated carbocycles. The molecule has 0 bridgehead atoms. The van der Waals surface area contributed by atoms with Crippen molar-refractivity contribution in [2.45, 2.75) is 64.1 Å². The number of nitrogens with one attached hydrogen (secondary N) is 1. The van der Waals surface area contributed by atoms with Crippen molar-refractivity contribution in [2.75, 3.05) is 0 Å². The van der Waals surface area contributed by atoms with E-state index >= 15 is 0 Å². The van der Waals surface area contributed by atoms with Crippen LogP contribution >= 0.6 is 0 Å². The molecule has 1 rings (SSSR count). The summed E-state index contributed by atoms with van der Waals surface area (Å²) in [6.45, 7) is 6.81. The Kier molecular flexibility index (Phi) is 1.87. The second kappa shape index (κ2) is 2.09. The van der Waals surface area contributed by atoms with Crippen LogP contribution in [0.4, 0.5) is 0 Å². The van der Waals surface area contributed by atoms with Gasteiger partial charge in [0.2, 0.25) is 0 Å². The molecule has 0 aromatic heterocycles. The van der Waals surface area contributed by atoms with Gasteiger partial charge >= 0.3 is 102 Å². The van der Waals surface area contributed by atoms with E-state index in [9.17, 15) is 0 Å². The molecule has 102 valence electrons. The van der Waals surface area contributed by atoms with Gasteiger partial charge in [0.15, 0.2) is 0 Å². The van der Waals surface area contributed by atoms with Gasteiger partial charge in [-0.15, -0.1) is 0 Å². The maximum absolute atomic E-state index is 4.28. The molecule has 0 amide bonds.